The fraction of sp³-hybridized carbons (Fsp3) is 0. The van der Waals surface area contributed by atoms with Gasteiger partial charge in [0.1, 0.15) is 17.4 Å². The van der Waals surface area contributed by atoms with E-state index in [0.29, 0.717) is 16.8 Å². The molecule has 1 amide bonds. The number of amides is 1. The monoisotopic (exact) mass is 282 g/mol. The number of carbonyl (C=O) groups excluding carboxylic acids is 1. The summed E-state index contributed by atoms with van der Waals surface area (Å²) in [4.78, 5) is 33.6. The third-order valence-electron chi connectivity index (χ3n) is 2.95. The number of nitrogens with one attached hydrogen (secondary N) is 2. The minimum Gasteiger partial charge on any atom is -0.476 e. The molecule has 3 rings (SSSR count). The standard InChI is InChI=1S/C14H10N4O3/c19-13(8-4-2-1-3-5-8)18-9-6-15-11-10(9)16-7-17-12(11)14(20)21/h1-7,15H,(H,18,19)(H,20,21). The van der Waals surface area contributed by atoms with Gasteiger partial charge in [-0.1, -0.05) is 18.2 Å². The molecule has 0 atom stereocenters. The van der Waals surface area contributed by atoms with Crippen LogP contribution < -0.4 is 5.32 Å². The number of hydrogen-bond acceptors (Lipinski definition) is 4. The summed E-state index contributed by atoms with van der Waals surface area (Å²) < 4.78 is 0. The van der Waals surface area contributed by atoms with Crippen LogP contribution in [0.1, 0.15) is 20.8 Å². The molecule has 3 N–H and O–H groups in total. The second-order valence-electron chi connectivity index (χ2n) is 4.27. The lowest BCUT2D eigenvalue weighted by atomic mass is 10.2. The first kappa shape index (κ1) is 12.8. The molecule has 0 saturated heterocycles. The van der Waals surface area contributed by atoms with Gasteiger partial charge in [0.15, 0.2) is 5.69 Å². The zero-order valence-corrected chi connectivity index (χ0v) is 10.7. The molecule has 3 aromatic rings. The fourth-order valence-electron chi connectivity index (χ4n) is 1.98. The topological polar surface area (TPSA) is 108 Å². The number of nitrogens with zero attached hydrogens (tertiary/aromatic N) is 2. The Morgan fingerprint density at radius 2 is 1.90 bits per heavy atom. The van der Waals surface area contributed by atoms with Crippen molar-refractivity contribution < 1.29 is 14.7 Å². The molecule has 7 heteroatoms. The van der Waals surface area contributed by atoms with Crippen LogP contribution in [0.15, 0.2) is 42.9 Å². The normalized spacial score (nSPS) is 10.5. The van der Waals surface area contributed by atoms with E-state index in [-0.39, 0.29) is 17.1 Å². The molecule has 0 radical (unpaired) electrons. The number of hydrogen-bond donors (Lipinski definition) is 3. The number of carboxylic acids is 1. The van der Waals surface area contributed by atoms with Crippen molar-refractivity contribution in [1.82, 2.24) is 15.0 Å². The molecule has 0 aliphatic heterocycles. The number of carbonyl (C=O) groups is 2. The lowest BCUT2D eigenvalue weighted by molar-refractivity contribution is 0.0692. The molecule has 0 saturated carbocycles. The Balaban J connectivity index is 1.97. The average Bonchev–Trinajstić information content (AvgIpc) is 2.91. The van der Waals surface area contributed by atoms with Gasteiger partial charge in [0, 0.05) is 11.8 Å². The van der Waals surface area contributed by atoms with Gasteiger partial charge in [-0.25, -0.2) is 14.8 Å². The van der Waals surface area contributed by atoms with E-state index in [1.165, 1.54) is 6.20 Å². The quantitative estimate of drug-likeness (QED) is 0.680. The van der Waals surface area contributed by atoms with Crippen molar-refractivity contribution in [2.24, 2.45) is 0 Å². The summed E-state index contributed by atoms with van der Waals surface area (Å²) >= 11 is 0. The van der Waals surface area contributed by atoms with E-state index in [2.05, 4.69) is 20.3 Å². The molecule has 7 nitrogen and oxygen atoms in total. The highest BCUT2D eigenvalue weighted by atomic mass is 16.4. The highest BCUT2D eigenvalue weighted by Gasteiger charge is 2.16. The first-order chi connectivity index (χ1) is 10.2. The number of benzene rings is 1. The number of aromatic carboxylic acids is 1. The second-order valence-corrected chi connectivity index (χ2v) is 4.27. The van der Waals surface area contributed by atoms with Gasteiger partial charge in [-0.3, -0.25) is 4.79 Å². The highest BCUT2D eigenvalue weighted by Crippen LogP contribution is 2.22. The van der Waals surface area contributed by atoms with E-state index in [0.717, 1.165) is 6.33 Å². The molecule has 0 aliphatic carbocycles. The average molecular weight is 282 g/mol. The summed E-state index contributed by atoms with van der Waals surface area (Å²) in [7, 11) is 0. The van der Waals surface area contributed by atoms with Gasteiger partial charge >= 0.3 is 5.97 Å². The number of anilines is 1. The molecular weight excluding hydrogens is 272 g/mol. The lowest BCUT2D eigenvalue weighted by Gasteiger charge is -2.03. The Morgan fingerprint density at radius 1 is 1.14 bits per heavy atom. The van der Waals surface area contributed by atoms with Crippen molar-refractivity contribution in [3.63, 3.8) is 0 Å². The predicted molar refractivity (Wildman–Crippen MR) is 75.2 cm³/mol. The van der Waals surface area contributed by atoms with Crippen LogP contribution in [0, 0.1) is 0 Å². The Labute approximate surface area is 118 Å². The molecule has 2 aromatic heterocycles. The smallest absolute Gasteiger partial charge is 0.356 e. The summed E-state index contributed by atoms with van der Waals surface area (Å²) in [6.07, 6.45) is 2.64. The molecule has 0 bridgehead atoms. The third kappa shape index (κ3) is 2.32. The Kier molecular flexibility index (Phi) is 3.07. The van der Waals surface area contributed by atoms with E-state index >= 15 is 0 Å². The summed E-state index contributed by atoms with van der Waals surface area (Å²) in [6, 6.07) is 8.70. The van der Waals surface area contributed by atoms with Crippen LogP contribution in [0.3, 0.4) is 0 Å². The van der Waals surface area contributed by atoms with Crippen LogP contribution in [0.25, 0.3) is 11.0 Å². The van der Waals surface area contributed by atoms with Crippen LogP contribution in [0.2, 0.25) is 0 Å². The van der Waals surface area contributed by atoms with Gasteiger partial charge in [0.2, 0.25) is 0 Å². The molecule has 104 valence electrons. The van der Waals surface area contributed by atoms with Gasteiger partial charge < -0.3 is 15.4 Å². The fourth-order valence-corrected chi connectivity index (χ4v) is 1.98. The third-order valence-corrected chi connectivity index (χ3v) is 2.95. The van der Waals surface area contributed by atoms with Crippen molar-refractivity contribution in [2.45, 2.75) is 0 Å². The number of aromatic amines is 1. The van der Waals surface area contributed by atoms with Crippen molar-refractivity contribution >= 4 is 28.6 Å². The number of H-pyrrole nitrogens is 1. The lowest BCUT2D eigenvalue weighted by Crippen LogP contribution is -2.11. The molecule has 0 spiro atoms. The summed E-state index contributed by atoms with van der Waals surface area (Å²) in [6.45, 7) is 0. The van der Waals surface area contributed by atoms with Crippen molar-refractivity contribution in [3.8, 4) is 0 Å². The first-order valence-electron chi connectivity index (χ1n) is 6.08. The summed E-state index contributed by atoms with van der Waals surface area (Å²) in [5.74, 6) is -1.46. The maximum Gasteiger partial charge on any atom is 0.356 e. The highest BCUT2D eigenvalue weighted by molar-refractivity contribution is 6.10. The minimum absolute atomic E-state index is 0.139. The van der Waals surface area contributed by atoms with E-state index in [1.54, 1.807) is 24.3 Å². The van der Waals surface area contributed by atoms with E-state index in [1.807, 2.05) is 6.07 Å². The van der Waals surface area contributed by atoms with Crippen LogP contribution in [-0.2, 0) is 0 Å². The van der Waals surface area contributed by atoms with Gasteiger partial charge in [-0.05, 0) is 12.1 Å². The molecule has 1 aromatic carbocycles. The SMILES string of the molecule is O=C(Nc1c[nH]c2c(C(=O)O)ncnc12)c1ccccc1. The predicted octanol–water partition coefficient (Wildman–Crippen LogP) is 1.91. The van der Waals surface area contributed by atoms with Crippen molar-refractivity contribution in [2.75, 3.05) is 5.32 Å². The van der Waals surface area contributed by atoms with Gasteiger partial charge in [-0.2, -0.15) is 0 Å². The maximum atomic E-state index is 12.1. The van der Waals surface area contributed by atoms with Gasteiger partial charge in [0.05, 0.1) is 5.69 Å². The Morgan fingerprint density at radius 3 is 2.62 bits per heavy atom. The molecule has 0 unspecified atom stereocenters. The number of aromatic nitrogens is 3. The van der Waals surface area contributed by atoms with Gasteiger partial charge in [-0.15, -0.1) is 0 Å². The first-order valence-corrected chi connectivity index (χ1v) is 6.08. The molecular formula is C14H10N4O3. The van der Waals surface area contributed by atoms with Gasteiger partial charge in [0.25, 0.3) is 5.91 Å². The Hall–Kier alpha value is -3.22. The van der Waals surface area contributed by atoms with E-state index in [4.69, 9.17) is 5.11 Å². The maximum absolute atomic E-state index is 12.1. The molecule has 0 fully saturated rings. The number of rotatable bonds is 3. The van der Waals surface area contributed by atoms with Crippen molar-refractivity contribution in [1.29, 1.82) is 0 Å². The Bertz CT molecular complexity index is 827. The summed E-state index contributed by atoms with van der Waals surface area (Å²) in [5.41, 5.74) is 1.39. The van der Waals surface area contributed by atoms with Crippen LogP contribution in [0.4, 0.5) is 5.69 Å². The molecule has 0 aliphatic rings. The second kappa shape index (κ2) is 5.04. The summed E-state index contributed by atoms with van der Waals surface area (Å²) in [5, 5.41) is 11.7. The number of carboxylic acid groups (broad SMARTS) is 1. The zero-order chi connectivity index (χ0) is 14.8. The van der Waals surface area contributed by atoms with Crippen LogP contribution >= 0.6 is 0 Å². The van der Waals surface area contributed by atoms with Crippen molar-refractivity contribution in [3.05, 3.63) is 54.1 Å². The van der Waals surface area contributed by atoms with E-state index in [9.17, 15) is 9.59 Å². The molecule has 21 heavy (non-hydrogen) atoms. The largest absolute Gasteiger partial charge is 0.476 e. The van der Waals surface area contributed by atoms with E-state index < -0.39 is 5.97 Å². The minimum atomic E-state index is -1.16. The number of fused-ring (bicyclic) bond motifs is 1. The molecule has 2 heterocycles. The van der Waals surface area contributed by atoms with Crippen LogP contribution in [0.5, 0.6) is 0 Å². The zero-order valence-electron chi connectivity index (χ0n) is 10.7. The van der Waals surface area contributed by atoms with Crippen LogP contribution in [-0.4, -0.2) is 31.9 Å².